The van der Waals surface area contributed by atoms with Crippen LogP contribution in [0.15, 0.2) is 39.9 Å². The number of ether oxygens (including phenoxy) is 1. The summed E-state index contributed by atoms with van der Waals surface area (Å²) in [6, 6.07) is 9.35. The van der Waals surface area contributed by atoms with Crippen molar-refractivity contribution in [1.82, 2.24) is 9.13 Å². The van der Waals surface area contributed by atoms with Crippen molar-refractivity contribution in [3.05, 3.63) is 61.6 Å². The van der Waals surface area contributed by atoms with Crippen LogP contribution in [0.1, 0.15) is 29.7 Å². The number of aryl methyl sites for hydroxylation is 2. The monoisotopic (exact) mass is 426 g/mol. The van der Waals surface area contributed by atoms with Gasteiger partial charge in [0.05, 0.1) is 37.4 Å². The Morgan fingerprint density at radius 2 is 1.77 bits per heavy atom. The van der Waals surface area contributed by atoms with Gasteiger partial charge < -0.3 is 9.64 Å². The molecule has 1 aliphatic carbocycles. The fourth-order valence-corrected chi connectivity index (χ4v) is 6.13. The maximum atomic E-state index is 13.6. The van der Waals surface area contributed by atoms with Crippen LogP contribution >= 0.6 is 11.3 Å². The van der Waals surface area contributed by atoms with E-state index in [4.69, 9.17) is 4.74 Å². The molecule has 5 rings (SSSR count). The molecule has 3 heterocycles. The number of hydrogen-bond acceptors (Lipinski definition) is 4. The van der Waals surface area contributed by atoms with E-state index < -0.39 is 0 Å². The zero-order valence-corrected chi connectivity index (χ0v) is 18.0. The van der Waals surface area contributed by atoms with Gasteiger partial charge in [-0.05, 0) is 43.4 Å². The summed E-state index contributed by atoms with van der Waals surface area (Å²) in [5, 5.41) is 0.775. The number of para-hydroxylation sites is 1. The van der Waals surface area contributed by atoms with Gasteiger partial charge >= 0.3 is 5.69 Å². The number of fused-ring (bicyclic) bond motifs is 3. The predicted molar refractivity (Wildman–Crippen MR) is 119 cm³/mol. The van der Waals surface area contributed by atoms with Crippen molar-refractivity contribution in [2.45, 2.75) is 38.6 Å². The summed E-state index contributed by atoms with van der Waals surface area (Å²) in [6.07, 6.45) is 5.43. The van der Waals surface area contributed by atoms with E-state index in [1.165, 1.54) is 26.3 Å². The lowest BCUT2D eigenvalue weighted by molar-refractivity contribution is -0.908. The number of nitrogens with one attached hydrogen (secondary N) is 1. The fraction of sp³-hybridized carbons (Fsp3) is 0.478. The van der Waals surface area contributed by atoms with Gasteiger partial charge in [0.25, 0.3) is 5.56 Å². The molecule has 30 heavy (non-hydrogen) atoms. The van der Waals surface area contributed by atoms with E-state index in [0.717, 1.165) is 68.7 Å². The average molecular weight is 427 g/mol. The first-order valence-corrected chi connectivity index (χ1v) is 11.8. The quantitative estimate of drug-likeness (QED) is 0.642. The molecule has 0 unspecified atom stereocenters. The van der Waals surface area contributed by atoms with Crippen molar-refractivity contribution >= 4 is 21.6 Å². The molecule has 1 fully saturated rings. The van der Waals surface area contributed by atoms with E-state index in [-0.39, 0.29) is 11.2 Å². The fourth-order valence-electron chi connectivity index (χ4n) is 4.73. The molecule has 0 radical (unpaired) electrons. The number of hydrogen-bond donors (Lipinski definition) is 1. The normalized spacial score (nSPS) is 17.7. The van der Waals surface area contributed by atoms with Gasteiger partial charge in [-0.1, -0.05) is 24.6 Å². The Bertz CT molecular complexity index is 1160. The number of benzene rings is 1. The summed E-state index contributed by atoms with van der Waals surface area (Å²) in [5.74, 6) is 0. The highest BCUT2D eigenvalue weighted by Gasteiger charge is 2.24. The van der Waals surface area contributed by atoms with Crippen LogP contribution in [0.5, 0.6) is 0 Å². The van der Waals surface area contributed by atoms with Crippen LogP contribution in [0, 0.1) is 0 Å². The number of rotatable bonds is 4. The molecule has 0 spiro atoms. The van der Waals surface area contributed by atoms with E-state index in [1.54, 1.807) is 11.3 Å². The molecule has 1 saturated heterocycles. The molecular formula is C23H28N3O3S+. The van der Waals surface area contributed by atoms with Crippen LogP contribution in [0.2, 0.25) is 0 Å². The number of nitrogens with zero attached hydrogens (tertiary/aromatic N) is 2. The van der Waals surface area contributed by atoms with E-state index >= 15 is 0 Å². The van der Waals surface area contributed by atoms with E-state index in [2.05, 4.69) is 0 Å². The predicted octanol–water partition coefficient (Wildman–Crippen LogP) is 1.40. The third-order valence-electron chi connectivity index (χ3n) is 6.39. The van der Waals surface area contributed by atoms with Crippen LogP contribution < -0.4 is 16.1 Å². The third kappa shape index (κ3) is 3.55. The van der Waals surface area contributed by atoms with Crippen LogP contribution in [-0.4, -0.2) is 42.0 Å². The molecule has 0 amide bonds. The first-order valence-electron chi connectivity index (χ1n) is 11.0. The van der Waals surface area contributed by atoms with Crippen molar-refractivity contribution in [2.24, 2.45) is 0 Å². The van der Waals surface area contributed by atoms with E-state index in [1.807, 2.05) is 34.9 Å². The highest BCUT2D eigenvalue weighted by molar-refractivity contribution is 7.18. The minimum atomic E-state index is -0.220. The topological polar surface area (TPSA) is 57.7 Å². The zero-order chi connectivity index (χ0) is 20.5. The van der Waals surface area contributed by atoms with Gasteiger partial charge in [0.1, 0.15) is 17.9 Å². The molecule has 2 aliphatic rings. The summed E-state index contributed by atoms with van der Waals surface area (Å²) >= 11 is 1.67. The van der Waals surface area contributed by atoms with Crippen molar-refractivity contribution in [3.63, 3.8) is 0 Å². The second kappa shape index (κ2) is 8.49. The van der Waals surface area contributed by atoms with Crippen molar-refractivity contribution in [3.8, 4) is 5.69 Å². The molecule has 3 aromatic rings. The number of thiophene rings is 1. The summed E-state index contributed by atoms with van der Waals surface area (Å²) in [5.41, 5.74) is 1.46. The molecule has 0 bridgehead atoms. The summed E-state index contributed by atoms with van der Waals surface area (Å²) < 4.78 is 8.72. The Hall–Kier alpha value is -2.22. The first kappa shape index (κ1) is 19.7. The van der Waals surface area contributed by atoms with Crippen molar-refractivity contribution < 1.29 is 9.64 Å². The zero-order valence-electron chi connectivity index (χ0n) is 17.2. The minimum Gasteiger partial charge on any atom is -0.370 e. The van der Waals surface area contributed by atoms with Crippen molar-refractivity contribution in [1.29, 1.82) is 0 Å². The summed E-state index contributed by atoms with van der Waals surface area (Å²) in [6.45, 7) is 4.98. The highest BCUT2D eigenvalue weighted by atomic mass is 32.1. The maximum Gasteiger partial charge on any atom is 0.336 e. The molecule has 1 aromatic carbocycles. The average Bonchev–Trinajstić information content (AvgIpc) is 2.98. The number of morpholine rings is 1. The van der Waals surface area contributed by atoms with Crippen LogP contribution in [0.4, 0.5) is 0 Å². The van der Waals surface area contributed by atoms with Gasteiger partial charge in [-0.3, -0.25) is 9.36 Å². The smallest absolute Gasteiger partial charge is 0.336 e. The standard InChI is InChI=1S/C23H27N3O3S/c27-21-20-18-9-5-2-6-10-19(18)30-22(20)25(12-11-24-13-15-29-16-14-24)23(28)26(21)17-7-3-1-4-8-17/h1,3-4,7-8H,2,5-6,9-16H2/p+1. The second-order valence-corrected chi connectivity index (χ2v) is 9.35. The molecule has 0 saturated carbocycles. The van der Waals surface area contributed by atoms with Crippen molar-refractivity contribution in [2.75, 3.05) is 32.8 Å². The number of quaternary nitrogens is 1. The van der Waals surface area contributed by atoms with Crippen LogP contribution in [-0.2, 0) is 24.1 Å². The molecule has 1 N–H and O–H groups in total. The Balaban J connectivity index is 1.68. The van der Waals surface area contributed by atoms with Gasteiger partial charge in [-0.15, -0.1) is 11.3 Å². The lowest BCUT2D eigenvalue weighted by atomic mass is 10.1. The lowest BCUT2D eigenvalue weighted by Crippen LogP contribution is -3.14. The maximum absolute atomic E-state index is 13.6. The molecule has 0 atom stereocenters. The third-order valence-corrected chi connectivity index (χ3v) is 7.71. The van der Waals surface area contributed by atoms with Gasteiger partial charge in [0.15, 0.2) is 0 Å². The summed E-state index contributed by atoms with van der Waals surface area (Å²) in [7, 11) is 0. The van der Waals surface area contributed by atoms with E-state index in [0.29, 0.717) is 12.2 Å². The van der Waals surface area contributed by atoms with Gasteiger partial charge in [0, 0.05) is 4.88 Å². The van der Waals surface area contributed by atoms with Gasteiger partial charge in [-0.25, -0.2) is 9.36 Å². The molecule has 6 nitrogen and oxygen atoms in total. The molecule has 2 aromatic heterocycles. The molecule has 1 aliphatic heterocycles. The van der Waals surface area contributed by atoms with Crippen LogP contribution in [0.3, 0.4) is 0 Å². The van der Waals surface area contributed by atoms with Gasteiger partial charge in [-0.2, -0.15) is 0 Å². The van der Waals surface area contributed by atoms with Gasteiger partial charge in [0.2, 0.25) is 0 Å². The summed E-state index contributed by atoms with van der Waals surface area (Å²) in [4.78, 5) is 30.8. The molecular weight excluding hydrogens is 398 g/mol. The molecule has 7 heteroatoms. The minimum absolute atomic E-state index is 0.157. The van der Waals surface area contributed by atoms with Crippen LogP contribution in [0.25, 0.3) is 15.9 Å². The SMILES string of the molecule is O=c1c2c3c(sc2n(CC[NH+]2CCOCC2)c(=O)n1-c1ccccc1)CCCCC3. The second-order valence-electron chi connectivity index (χ2n) is 8.27. The largest absolute Gasteiger partial charge is 0.370 e. The Morgan fingerprint density at radius 3 is 2.57 bits per heavy atom. The molecule has 158 valence electrons. The Morgan fingerprint density at radius 1 is 1.00 bits per heavy atom. The first-order chi connectivity index (χ1) is 14.7. The Kier molecular flexibility index (Phi) is 5.58. The number of aromatic nitrogens is 2. The van der Waals surface area contributed by atoms with E-state index in [9.17, 15) is 9.59 Å². The Labute approximate surface area is 179 Å². The lowest BCUT2D eigenvalue weighted by Gasteiger charge is -2.24. The highest BCUT2D eigenvalue weighted by Crippen LogP contribution is 2.33.